The van der Waals surface area contributed by atoms with Gasteiger partial charge in [-0.15, -0.1) is 11.3 Å². The van der Waals surface area contributed by atoms with Crippen LogP contribution in [0.4, 0.5) is 5.69 Å². The van der Waals surface area contributed by atoms with Crippen molar-refractivity contribution < 1.29 is 19.1 Å². The highest BCUT2D eigenvalue weighted by molar-refractivity contribution is 9.11. The van der Waals surface area contributed by atoms with E-state index in [0.29, 0.717) is 16.8 Å². The molecule has 0 aliphatic rings. The van der Waals surface area contributed by atoms with Crippen LogP contribution in [0.1, 0.15) is 20.7 Å². The number of methoxy groups -OCH3 is 1. The Hall–Kier alpha value is -2.19. The number of amides is 2. The molecule has 0 radical (unpaired) electrons. The van der Waals surface area contributed by atoms with Gasteiger partial charge in [0.1, 0.15) is 6.54 Å². The largest absolute Gasteiger partial charge is 0.468 e. The molecule has 6 nitrogen and oxygen atoms in total. The minimum atomic E-state index is -0.524. The number of carbonyl (C=O) groups is 3. The average Bonchev–Trinajstić information content (AvgIpc) is 2.99. The number of ether oxygens (including phenoxy) is 1. The molecule has 120 valence electrons. The van der Waals surface area contributed by atoms with Crippen LogP contribution in [0.15, 0.2) is 39.5 Å². The molecule has 0 aliphatic carbocycles. The van der Waals surface area contributed by atoms with Crippen molar-refractivity contribution in [1.29, 1.82) is 0 Å². The van der Waals surface area contributed by atoms with E-state index in [4.69, 9.17) is 0 Å². The first kappa shape index (κ1) is 17.2. The SMILES string of the molecule is COC(=O)CNC(=O)c1ccc(NC(=O)c2csc(Br)c2)cc1. The Morgan fingerprint density at radius 1 is 1.13 bits per heavy atom. The summed E-state index contributed by atoms with van der Waals surface area (Å²) >= 11 is 4.73. The summed E-state index contributed by atoms with van der Waals surface area (Å²) in [4.78, 5) is 34.8. The van der Waals surface area contributed by atoms with E-state index in [-0.39, 0.29) is 12.5 Å². The molecule has 0 unspecified atom stereocenters. The highest BCUT2D eigenvalue weighted by Crippen LogP contribution is 2.21. The Kier molecular flexibility index (Phi) is 5.89. The zero-order chi connectivity index (χ0) is 16.8. The molecule has 0 aliphatic heterocycles. The van der Waals surface area contributed by atoms with Gasteiger partial charge in [-0.25, -0.2) is 0 Å². The van der Waals surface area contributed by atoms with Gasteiger partial charge in [-0.05, 0) is 46.3 Å². The van der Waals surface area contributed by atoms with Crippen molar-refractivity contribution >= 4 is 50.7 Å². The Bertz CT molecular complexity index is 727. The quantitative estimate of drug-likeness (QED) is 0.760. The van der Waals surface area contributed by atoms with Gasteiger partial charge < -0.3 is 15.4 Å². The fraction of sp³-hybridized carbons (Fsp3) is 0.133. The third kappa shape index (κ3) is 4.90. The van der Waals surface area contributed by atoms with E-state index >= 15 is 0 Å². The van der Waals surface area contributed by atoms with Crippen LogP contribution < -0.4 is 10.6 Å². The van der Waals surface area contributed by atoms with Crippen LogP contribution in [0.25, 0.3) is 0 Å². The molecule has 2 aromatic rings. The molecule has 2 rings (SSSR count). The van der Waals surface area contributed by atoms with Crippen molar-refractivity contribution in [2.24, 2.45) is 0 Å². The summed E-state index contributed by atoms with van der Waals surface area (Å²) < 4.78 is 5.31. The van der Waals surface area contributed by atoms with E-state index in [2.05, 4.69) is 31.3 Å². The van der Waals surface area contributed by atoms with Crippen LogP contribution in [-0.4, -0.2) is 31.4 Å². The number of anilines is 1. The Balaban J connectivity index is 1.95. The van der Waals surface area contributed by atoms with E-state index in [0.717, 1.165) is 3.79 Å². The molecule has 1 heterocycles. The maximum absolute atomic E-state index is 12.0. The Morgan fingerprint density at radius 3 is 2.39 bits per heavy atom. The number of hydrogen-bond donors (Lipinski definition) is 2. The highest BCUT2D eigenvalue weighted by Gasteiger charge is 2.10. The Labute approximate surface area is 145 Å². The van der Waals surface area contributed by atoms with E-state index in [9.17, 15) is 14.4 Å². The molecule has 1 aromatic heterocycles. The topological polar surface area (TPSA) is 84.5 Å². The highest BCUT2D eigenvalue weighted by atomic mass is 79.9. The van der Waals surface area contributed by atoms with Gasteiger partial charge in [0.2, 0.25) is 0 Å². The zero-order valence-corrected chi connectivity index (χ0v) is 14.5. The number of esters is 1. The van der Waals surface area contributed by atoms with Crippen molar-refractivity contribution in [3.8, 4) is 0 Å². The van der Waals surface area contributed by atoms with Gasteiger partial charge in [-0.1, -0.05) is 0 Å². The van der Waals surface area contributed by atoms with Gasteiger partial charge in [-0.2, -0.15) is 0 Å². The molecule has 23 heavy (non-hydrogen) atoms. The minimum absolute atomic E-state index is 0.194. The maximum Gasteiger partial charge on any atom is 0.325 e. The molecule has 2 amide bonds. The first-order valence-electron chi connectivity index (χ1n) is 6.50. The number of halogens is 1. The zero-order valence-electron chi connectivity index (χ0n) is 12.1. The summed E-state index contributed by atoms with van der Waals surface area (Å²) in [6.45, 7) is -0.194. The predicted molar refractivity (Wildman–Crippen MR) is 90.8 cm³/mol. The second kappa shape index (κ2) is 7.89. The fourth-order valence-corrected chi connectivity index (χ4v) is 2.80. The van der Waals surface area contributed by atoms with Crippen LogP contribution in [0, 0.1) is 0 Å². The van der Waals surface area contributed by atoms with Crippen molar-refractivity contribution in [1.82, 2.24) is 5.32 Å². The molecular formula is C15H13BrN2O4S. The van der Waals surface area contributed by atoms with Crippen molar-refractivity contribution in [2.45, 2.75) is 0 Å². The van der Waals surface area contributed by atoms with Crippen LogP contribution in [0.2, 0.25) is 0 Å². The third-order valence-corrected chi connectivity index (χ3v) is 4.36. The van der Waals surface area contributed by atoms with Crippen LogP contribution in [0.5, 0.6) is 0 Å². The number of rotatable bonds is 5. The van der Waals surface area contributed by atoms with Crippen molar-refractivity contribution in [3.05, 3.63) is 50.6 Å². The minimum Gasteiger partial charge on any atom is -0.468 e. The lowest BCUT2D eigenvalue weighted by Crippen LogP contribution is -2.30. The number of carbonyl (C=O) groups excluding carboxylic acids is 3. The number of thiophene rings is 1. The maximum atomic E-state index is 12.0. The fourth-order valence-electron chi connectivity index (χ4n) is 1.66. The van der Waals surface area contributed by atoms with E-state index < -0.39 is 11.9 Å². The molecular weight excluding hydrogens is 384 g/mol. The molecule has 0 saturated carbocycles. The predicted octanol–water partition coefficient (Wildman–Crippen LogP) is 2.67. The van der Waals surface area contributed by atoms with Crippen LogP contribution in [0.3, 0.4) is 0 Å². The Morgan fingerprint density at radius 2 is 1.83 bits per heavy atom. The van der Waals surface area contributed by atoms with E-state index in [1.54, 1.807) is 35.7 Å². The molecule has 0 atom stereocenters. The van der Waals surface area contributed by atoms with Gasteiger partial charge in [0.05, 0.1) is 16.5 Å². The van der Waals surface area contributed by atoms with Gasteiger partial charge in [0.15, 0.2) is 0 Å². The smallest absolute Gasteiger partial charge is 0.325 e. The lowest BCUT2D eigenvalue weighted by atomic mass is 10.2. The van der Waals surface area contributed by atoms with Gasteiger partial charge >= 0.3 is 5.97 Å². The molecule has 2 N–H and O–H groups in total. The summed E-state index contributed by atoms with van der Waals surface area (Å²) in [5.41, 5.74) is 1.51. The van der Waals surface area contributed by atoms with Gasteiger partial charge in [0, 0.05) is 16.6 Å². The third-order valence-electron chi connectivity index (χ3n) is 2.86. The summed E-state index contributed by atoms with van der Waals surface area (Å²) in [6, 6.07) is 8.09. The number of benzene rings is 1. The van der Waals surface area contributed by atoms with Gasteiger partial charge in [0.25, 0.3) is 11.8 Å². The normalized spacial score (nSPS) is 10.0. The second-order valence-corrected chi connectivity index (χ2v) is 6.72. The average molecular weight is 397 g/mol. The first-order chi connectivity index (χ1) is 11.0. The summed E-state index contributed by atoms with van der Waals surface area (Å²) in [5, 5.41) is 6.92. The van der Waals surface area contributed by atoms with E-state index in [1.807, 2.05) is 0 Å². The number of nitrogens with one attached hydrogen (secondary N) is 2. The number of hydrogen-bond acceptors (Lipinski definition) is 5. The van der Waals surface area contributed by atoms with Crippen molar-refractivity contribution in [2.75, 3.05) is 19.0 Å². The standard InChI is InChI=1S/C15H13BrN2O4S/c1-22-13(19)7-17-14(20)9-2-4-11(5-3-9)18-15(21)10-6-12(16)23-8-10/h2-6,8H,7H2,1H3,(H,17,20)(H,18,21). The summed E-state index contributed by atoms with van der Waals surface area (Å²) in [6.07, 6.45) is 0. The molecule has 0 bridgehead atoms. The van der Waals surface area contributed by atoms with E-state index in [1.165, 1.54) is 18.4 Å². The van der Waals surface area contributed by atoms with Crippen LogP contribution >= 0.6 is 27.3 Å². The molecule has 0 spiro atoms. The van der Waals surface area contributed by atoms with Crippen molar-refractivity contribution in [3.63, 3.8) is 0 Å². The lowest BCUT2D eigenvalue weighted by Gasteiger charge is -2.06. The summed E-state index contributed by atoms with van der Waals surface area (Å²) in [7, 11) is 1.25. The lowest BCUT2D eigenvalue weighted by molar-refractivity contribution is -0.139. The molecule has 1 aromatic carbocycles. The molecule has 8 heteroatoms. The molecule has 0 fully saturated rings. The second-order valence-electron chi connectivity index (χ2n) is 4.43. The monoisotopic (exact) mass is 396 g/mol. The first-order valence-corrected chi connectivity index (χ1v) is 8.17. The van der Waals surface area contributed by atoms with Crippen LogP contribution in [-0.2, 0) is 9.53 Å². The van der Waals surface area contributed by atoms with Gasteiger partial charge in [-0.3, -0.25) is 14.4 Å². The summed E-state index contributed by atoms with van der Waals surface area (Å²) in [5.74, 6) is -1.14. The molecule has 0 saturated heterocycles.